The van der Waals surface area contributed by atoms with E-state index in [1.54, 1.807) is 5.56 Å². The molecule has 5 rings (SSSR count). The Hall–Kier alpha value is -1.30. The third-order valence-corrected chi connectivity index (χ3v) is 8.03. The third-order valence-electron chi connectivity index (χ3n) is 8.03. The second-order valence-corrected chi connectivity index (χ2v) is 9.36. The molecule has 0 aliphatic heterocycles. The van der Waals surface area contributed by atoms with Crippen LogP contribution in [0, 0.1) is 36.0 Å². The second kappa shape index (κ2) is 6.15. The Balaban J connectivity index is 1.45. The van der Waals surface area contributed by atoms with E-state index in [0.717, 1.165) is 23.7 Å². The Bertz CT molecular complexity index is 691. The molecular formula is C25H32. The number of allylic oxidation sites excluding steroid dienone is 4. The monoisotopic (exact) mass is 332 g/mol. The van der Waals surface area contributed by atoms with Crippen LogP contribution in [0.25, 0.3) is 0 Å². The highest BCUT2D eigenvalue weighted by atomic mass is 14.5. The number of fused-ring (bicyclic) bond motifs is 5. The summed E-state index contributed by atoms with van der Waals surface area (Å²) in [6, 6.07) is 9.34. The molecule has 4 aliphatic rings. The molecule has 0 amide bonds. The summed E-state index contributed by atoms with van der Waals surface area (Å²) in [5.74, 6) is 3.59. The van der Waals surface area contributed by atoms with Crippen molar-refractivity contribution in [1.82, 2.24) is 0 Å². The minimum Gasteiger partial charge on any atom is -0.0847 e. The molecule has 0 nitrogen and oxygen atoms in total. The SMILES string of the molecule is Cc1ccc(C[C@]23C=C[C@H]4[C@@H](CC=C5CCCC[C@@H]54)[C@@H]2CCC3)cc1. The van der Waals surface area contributed by atoms with E-state index in [1.165, 1.54) is 63.4 Å². The summed E-state index contributed by atoms with van der Waals surface area (Å²) >= 11 is 0. The maximum Gasteiger partial charge on any atom is -0.00466 e. The summed E-state index contributed by atoms with van der Waals surface area (Å²) in [7, 11) is 0. The summed E-state index contributed by atoms with van der Waals surface area (Å²) in [5.41, 5.74) is 5.20. The molecule has 0 heteroatoms. The van der Waals surface area contributed by atoms with Gasteiger partial charge in [0.2, 0.25) is 0 Å². The second-order valence-electron chi connectivity index (χ2n) is 9.36. The van der Waals surface area contributed by atoms with Crippen LogP contribution < -0.4 is 0 Å². The van der Waals surface area contributed by atoms with Gasteiger partial charge in [-0.3, -0.25) is 0 Å². The van der Waals surface area contributed by atoms with Crippen molar-refractivity contribution in [3.05, 3.63) is 59.2 Å². The summed E-state index contributed by atoms with van der Waals surface area (Å²) < 4.78 is 0. The van der Waals surface area contributed by atoms with E-state index >= 15 is 0 Å². The molecule has 0 saturated heterocycles. The van der Waals surface area contributed by atoms with Crippen molar-refractivity contribution in [1.29, 1.82) is 0 Å². The number of rotatable bonds is 2. The summed E-state index contributed by atoms with van der Waals surface area (Å²) in [4.78, 5) is 0. The average Bonchev–Trinajstić information content (AvgIpc) is 3.07. The largest absolute Gasteiger partial charge is 0.0847 e. The van der Waals surface area contributed by atoms with Crippen LogP contribution >= 0.6 is 0 Å². The lowest BCUT2D eigenvalue weighted by molar-refractivity contribution is 0.0973. The molecule has 0 heterocycles. The Labute approximate surface area is 153 Å². The fourth-order valence-corrected chi connectivity index (χ4v) is 6.85. The van der Waals surface area contributed by atoms with Gasteiger partial charge in [-0.25, -0.2) is 0 Å². The van der Waals surface area contributed by atoms with Gasteiger partial charge in [-0.15, -0.1) is 0 Å². The molecule has 4 aliphatic carbocycles. The van der Waals surface area contributed by atoms with Crippen LogP contribution in [0.2, 0.25) is 0 Å². The van der Waals surface area contributed by atoms with Crippen LogP contribution in [0.5, 0.6) is 0 Å². The number of benzene rings is 1. The third kappa shape index (κ3) is 2.64. The zero-order valence-electron chi connectivity index (χ0n) is 15.7. The molecule has 2 saturated carbocycles. The van der Waals surface area contributed by atoms with Crippen molar-refractivity contribution >= 4 is 0 Å². The van der Waals surface area contributed by atoms with Gasteiger partial charge in [0, 0.05) is 0 Å². The zero-order chi connectivity index (χ0) is 16.9. The summed E-state index contributed by atoms with van der Waals surface area (Å²) in [6.45, 7) is 2.20. The van der Waals surface area contributed by atoms with Gasteiger partial charge in [0.15, 0.2) is 0 Å². The van der Waals surface area contributed by atoms with Crippen molar-refractivity contribution in [2.24, 2.45) is 29.1 Å². The highest BCUT2D eigenvalue weighted by Crippen LogP contribution is 2.59. The van der Waals surface area contributed by atoms with Crippen molar-refractivity contribution in [2.75, 3.05) is 0 Å². The van der Waals surface area contributed by atoms with E-state index in [-0.39, 0.29) is 0 Å². The lowest BCUT2D eigenvalue weighted by Crippen LogP contribution is -2.42. The molecule has 0 aromatic heterocycles. The quantitative estimate of drug-likeness (QED) is 0.532. The van der Waals surface area contributed by atoms with Gasteiger partial charge >= 0.3 is 0 Å². The Morgan fingerprint density at radius 2 is 1.92 bits per heavy atom. The van der Waals surface area contributed by atoms with Gasteiger partial charge in [0.25, 0.3) is 0 Å². The fourth-order valence-electron chi connectivity index (χ4n) is 6.85. The maximum atomic E-state index is 2.71. The molecule has 1 aromatic carbocycles. The average molecular weight is 333 g/mol. The first-order valence-corrected chi connectivity index (χ1v) is 10.7. The van der Waals surface area contributed by atoms with E-state index in [0.29, 0.717) is 5.41 Å². The molecular weight excluding hydrogens is 300 g/mol. The highest BCUT2D eigenvalue weighted by Gasteiger charge is 2.51. The molecule has 25 heavy (non-hydrogen) atoms. The van der Waals surface area contributed by atoms with Crippen LogP contribution in [0.3, 0.4) is 0 Å². The Morgan fingerprint density at radius 1 is 1.04 bits per heavy atom. The Morgan fingerprint density at radius 3 is 2.80 bits per heavy atom. The zero-order valence-corrected chi connectivity index (χ0v) is 15.7. The molecule has 0 bridgehead atoms. The number of hydrogen-bond donors (Lipinski definition) is 0. The molecule has 0 N–H and O–H groups in total. The van der Waals surface area contributed by atoms with Crippen molar-refractivity contribution < 1.29 is 0 Å². The van der Waals surface area contributed by atoms with Gasteiger partial charge < -0.3 is 0 Å². The molecule has 0 radical (unpaired) electrons. The van der Waals surface area contributed by atoms with Crippen LogP contribution in [-0.2, 0) is 6.42 Å². The van der Waals surface area contributed by atoms with Crippen molar-refractivity contribution in [3.63, 3.8) is 0 Å². The molecule has 132 valence electrons. The minimum absolute atomic E-state index is 0.455. The highest BCUT2D eigenvalue weighted by molar-refractivity contribution is 5.29. The van der Waals surface area contributed by atoms with Crippen molar-refractivity contribution in [2.45, 2.75) is 64.7 Å². The topological polar surface area (TPSA) is 0 Å². The number of hydrogen-bond acceptors (Lipinski definition) is 0. The van der Waals surface area contributed by atoms with E-state index in [1.807, 2.05) is 5.57 Å². The van der Waals surface area contributed by atoms with Crippen LogP contribution in [-0.4, -0.2) is 0 Å². The van der Waals surface area contributed by atoms with Gasteiger partial charge in [0.1, 0.15) is 0 Å². The number of aryl methyl sites for hydroxylation is 1. The van der Waals surface area contributed by atoms with E-state index < -0.39 is 0 Å². The molecule has 0 unspecified atom stereocenters. The predicted molar refractivity (Wildman–Crippen MR) is 105 cm³/mol. The van der Waals surface area contributed by atoms with Gasteiger partial charge in [-0.2, -0.15) is 0 Å². The van der Waals surface area contributed by atoms with Gasteiger partial charge in [-0.1, -0.05) is 66.5 Å². The van der Waals surface area contributed by atoms with E-state index in [9.17, 15) is 0 Å². The first kappa shape index (κ1) is 15.9. The first-order chi connectivity index (χ1) is 12.3. The van der Waals surface area contributed by atoms with Crippen LogP contribution in [0.1, 0.15) is 62.5 Å². The van der Waals surface area contributed by atoms with Crippen LogP contribution in [0.15, 0.2) is 48.1 Å². The van der Waals surface area contributed by atoms with Crippen molar-refractivity contribution in [3.8, 4) is 0 Å². The predicted octanol–water partition coefficient (Wildman–Crippen LogP) is 6.65. The van der Waals surface area contributed by atoms with Gasteiger partial charge in [-0.05, 0) is 86.5 Å². The molecule has 1 aromatic rings. The first-order valence-electron chi connectivity index (χ1n) is 10.7. The standard InChI is InChI=1S/C25H32/c1-18-8-10-19(11-9-18)17-25-15-4-7-24(25)23-13-12-20-5-2-3-6-21(20)22(23)14-16-25/h8-12,14,16,21-24H,2-7,13,15,17H2,1H3/t21-,22+,23+,24-,25-/m0/s1. The lowest BCUT2D eigenvalue weighted by atomic mass is 9.55. The van der Waals surface area contributed by atoms with Gasteiger partial charge in [0.05, 0.1) is 0 Å². The lowest BCUT2D eigenvalue weighted by Gasteiger charge is -2.50. The van der Waals surface area contributed by atoms with E-state index in [4.69, 9.17) is 0 Å². The Kier molecular flexibility index (Phi) is 3.91. The fraction of sp³-hybridized carbons (Fsp3) is 0.600. The normalized spacial score (nSPS) is 39.3. The molecule has 0 spiro atoms. The van der Waals surface area contributed by atoms with E-state index in [2.05, 4.69) is 49.4 Å². The maximum absolute atomic E-state index is 2.71. The minimum atomic E-state index is 0.455. The summed E-state index contributed by atoms with van der Waals surface area (Å²) in [6.07, 6.45) is 20.8. The van der Waals surface area contributed by atoms with Crippen LogP contribution in [0.4, 0.5) is 0 Å². The smallest absolute Gasteiger partial charge is 0.00466 e. The molecule has 5 atom stereocenters. The molecule has 2 fully saturated rings. The summed E-state index contributed by atoms with van der Waals surface area (Å²) in [5, 5.41) is 0.